The van der Waals surface area contributed by atoms with Crippen molar-refractivity contribution in [1.29, 1.82) is 5.26 Å². The quantitative estimate of drug-likeness (QED) is 0.909. The molecule has 0 unspecified atom stereocenters. The third-order valence-electron chi connectivity index (χ3n) is 3.98. The number of nitrogens with zero attached hydrogens (tertiary/aromatic N) is 1. The van der Waals surface area contributed by atoms with Crippen LogP contribution in [0.5, 0.6) is 0 Å². The van der Waals surface area contributed by atoms with Crippen molar-refractivity contribution < 1.29 is 9.50 Å². The number of rotatable bonds is 3. The summed E-state index contributed by atoms with van der Waals surface area (Å²) in [6.45, 7) is 0.00843. The molecular formula is C17H15FN2O. The van der Waals surface area contributed by atoms with E-state index in [0.717, 1.165) is 16.7 Å². The Morgan fingerprint density at radius 2 is 1.90 bits per heavy atom. The van der Waals surface area contributed by atoms with Crippen LogP contribution in [0.4, 0.5) is 4.39 Å². The monoisotopic (exact) mass is 282 g/mol. The van der Waals surface area contributed by atoms with E-state index in [0.29, 0.717) is 0 Å². The van der Waals surface area contributed by atoms with Crippen molar-refractivity contribution in [3.8, 4) is 17.2 Å². The number of benzene rings is 2. The van der Waals surface area contributed by atoms with E-state index in [9.17, 15) is 9.50 Å². The second-order valence-corrected chi connectivity index (χ2v) is 5.22. The summed E-state index contributed by atoms with van der Waals surface area (Å²) in [5, 5.41) is 21.4. The van der Waals surface area contributed by atoms with Gasteiger partial charge in [-0.2, -0.15) is 5.26 Å². The van der Waals surface area contributed by atoms with Crippen LogP contribution in [0.25, 0.3) is 11.1 Å². The summed E-state index contributed by atoms with van der Waals surface area (Å²) < 4.78 is 13.2. The Morgan fingerprint density at radius 3 is 2.52 bits per heavy atom. The predicted octanol–water partition coefficient (Wildman–Crippen LogP) is 2.43. The van der Waals surface area contributed by atoms with E-state index >= 15 is 0 Å². The van der Waals surface area contributed by atoms with E-state index in [4.69, 9.17) is 5.26 Å². The number of halogens is 1. The lowest BCUT2D eigenvalue weighted by atomic mass is 9.78. The maximum Gasteiger partial charge on any atom is 0.123 e. The molecule has 4 heteroatoms. The van der Waals surface area contributed by atoms with Crippen molar-refractivity contribution in [1.82, 2.24) is 5.32 Å². The first kappa shape index (κ1) is 13.7. The van der Waals surface area contributed by atoms with E-state index in [1.54, 1.807) is 6.07 Å². The minimum atomic E-state index is -0.262. The van der Waals surface area contributed by atoms with Gasteiger partial charge in [0, 0.05) is 12.0 Å². The maximum absolute atomic E-state index is 13.2. The van der Waals surface area contributed by atoms with Crippen LogP contribution in [-0.4, -0.2) is 23.8 Å². The van der Waals surface area contributed by atoms with E-state index in [-0.39, 0.29) is 30.4 Å². The van der Waals surface area contributed by atoms with Crippen molar-refractivity contribution >= 4 is 0 Å². The zero-order valence-corrected chi connectivity index (χ0v) is 11.3. The summed E-state index contributed by atoms with van der Waals surface area (Å²) >= 11 is 0. The fraction of sp³-hybridized carbons (Fsp3) is 0.235. The van der Waals surface area contributed by atoms with Gasteiger partial charge in [-0.3, -0.25) is 5.32 Å². The van der Waals surface area contributed by atoms with Crippen molar-refractivity contribution in [3.05, 3.63) is 59.9 Å². The molecule has 2 N–H and O–H groups in total. The molecule has 0 radical (unpaired) electrons. The van der Waals surface area contributed by atoms with Crippen LogP contribution in [0.1, 0.15) is 11.5 Å². The molecule has 0 aromatic heterocycles. The highest BCUT2D eigenvalue weighted by atomic mass is 19.1. The largest absolute Gasteiger partial charge is 0.395 e. The maximum atomic E-state index is 13.2. The lowest BCUT2D eigenvalue weighted by Crippen LogP contribution is -2.60. The molecule has 0 aliphatic carbocycles. The minimum absolute atomic E-state index is 0.00144. The number of hydrogen-bond donors (Lipinski definition) is 2. The van der Waals surface area contributed by atoms with Crippen LogP contribution in [0.2, 0.25) is 0 Å². The van der Waals surface area contributed by atoms with Crippen LogP contribution in [0, 0.1) is 17.1 Å². The van der Waals surface area contributed by atoms with Gasteiger partial charge in [-0.05, 0) is 28.8 Å². The number of aliphatic hydroxyl groups is 1. The molecular weight excluding hydrogens is 267 g/mol. The number of aliphatic hydroxyl groups excluding tert-OH is 1. The zero-order valence-electron chi connectivity index (χ0n) is 11.3. The molecule has 3 nitrogen and oxygen atoms in total. The molecule has 1 saturated heterocycles. The summed E-state index contributed by atoms with van der Waals surface area (Å²) in [5.41, 5.74) is 2.77. The molecule has 2 aromatic rings. The summed E-state index contributed by atoms with van der Waals surface area (Å²) in [4.78, 5) is 0. The lowest BCUT2D eigenvalue weighted by molar-refractivity contribution is 0.151. The Bertz CT molecular complexity index is 678. The Morgan fingerprint density at radius 1 is 1.14 bits per heavy atom. The molecule has 0 amide bonds. The van der Waals surface area contributed by atoms with Crippen molar-refractivity contribution in [2.75, 3.05) is 6.61 Å². The average Bonchev–Trinajstić information content (AvgIpc) is 2.48. The van der Waals surface area contributed by atoms with Gasteiger partial charge >= 0.3 is 0 Å². The van der Waals surface area contributed by atoms with Crippen LogP contribution in [-0.2, 0) is 0 Å². The third-order valence-corrected chi connectivity index (χ3v) is 3.98. The summed E-state index contributed by atoms with van der Waals surface area (Å²) in [7, 11) is 0. The Hall–Kier alpha value is -2.22. The Balaban J connectivity index is 1.86. The standard InChI is InChI=1S/C17H15FN2O/c18-14-3-1-2-13(8-14)11-4-6-12(7-5-11)17-15(9-19)20-16(17)10-21/h1-8,15-17,20-21H,10H2/t15-,16+,17+/m0/s1. The third kappa shape index (κ3) is 2.54. The van der Waals surface area contributed by atoms with Crippen molar-refractivity contribution in [3.63, 3.8) is 0 Å². The van der Waals surface area contributed by atoms with E-state index in [1.807, 2.05) is 30.3 Å². The SMILES string of the molecule is N#C[C@@H]1N[C@H](CO)[C@@H]1c1ccc(-c2cccc(F)c2)cc1. The zero-order chi connectivity index (χ0) is 14.8. The Kier molecular flexibility index (Phi) is 3.70. The predicted molar refractivity (Wildman–Crippen MR) is 78.0 cm³/mol. The molecule has 1 fully saturated rings. The number of nitrogens with one attached hydrogen (secondary N) is 1. The molecule has 1 aliphatic heterocycles. The van der Waals surface area contributed by atoms with Crippen LogP contribution >= 0.6 is 0 Å². The summed E-state index contributed by atoms with van der Waals surface area (Å²) in [6.07, 6.45) is 0. The molecule has 0 saturated carbocycles. The minimum Gasteiger partial charge on any atom is -0.395 e. The Labute approximate surface area is 122 Å². The van der Waals surface area contributed by atoms with Crippen LogP contribution < -0.4 is 5.32 Å². The smallest absolute Gasteiger partial charge is 0.123 e. The lowest BCUT2D eigenvalue weighted by Gasteiger charge is -2.41. The van der Waals surface area contributed by atoms with E-state index in [1.165, 1.54) is 12.1 Å². The number of hydrogen-bond acceptors (Lipinski definition) is 3. The van der Waals surface area contributed by atoms with Crippen molar-refractivity contribution in [2.24, 2.45) is 0 Å². The van der Waals surface area contributed by atoms with Gasteiger partial charge in [-0.15, -0.1) is 0 Å². The molecule has 1 heterocycles. The fourth-order valence-electron chi connectivity index (χ4n) is 2.83. The molecule has 3 rings (SSSR count). The van der Waals surface area contributed by atoms with Gasteiger partial charge < -0.3 is 5.11 Å². The first-order valence-corrected chi connectivity index (χ1v) is 6.85. The van der Waals surface area contributed by atoms with Crippen LogP contribution in [0.3, 0.4) is 0 Å². The van der Waals surface area contributed by atoms with Gasteiger partial charge in [0.05, 0.1) is 12.7 Å². The van der Waals surface area contributed by atoms with Crippen LogP contribution in [0.15, 0.2) is 48.5 Å². The van der Waals surface area contributed by atoms with Crippen molar-refractivity contribution in [2.45, 2.75) is 18.0 Å². The van der Waals surface area contributed by atoms with Gasteiger partial charge in [-0.1, -0.05) is 36.4 Å². The fourth-order valence-corrected chi connectivity index (χ4v) is 2.83. The molecule has 2 aromatic carbocycles. The average molecular weight is 282 g/mol. The molecule has 1 aliphatic rings. The normalized spacial score (nSPS) is 24.1. The van der Waals surface area contributed by atoms with Gasteiger partial charge in [0.2, 0.25) is 0 Å². The first-order chi connectivity index (χ1) is 10.2. The van der Waals surface area contributed by atoms with Gasteiger partial charge in [-0.25, -0.2) is 4.39 Å². The molecule has 0 spiro atoms. The molecule has 0 bridgehead atoms. The highest BCUT2D eigenvalue weighted by Crippen LogP contribution is 2.33. The highest BCUT2D eigenvalue weighted by molar-refractivity contribution is 5.63. The van der Waals surface area contributed by atoms with Gasteiger partial charge in [0.25, 0.3) is 0 Å². The second-order valence-electron chi connectivity index (χ2n) is 5.22. The second kappa shape index (κ2) is 5.65. The number of nitriles is 1. The van der Waals surface area contributed by atoms with Gasteiger partial charge in [0.15, 0.2) is 0 Å². The van der Waals surface area contributed by atoms with E-state index < -0.39 is 0 Å². The molecule has 106 valence electrons. The van der Waals surface area contributed by atoms with Gasteiger partial charge in [0.1, 0.15) is 11.9 Å². The topological polar surface area (TPSA) is 56.0 Å². The first-order valence-electron chi connectivity index (χ1n) is 6.85. The molecule has 3 atom stereocenters. The molecule has 21 heavy (non-hydrogen) atoms. The highest BCUT2D eigenvalue weighted by Gasteiger charge is 2.41. The van der Waals surface area contributed by atoms with E-state index in [2.05, 4.69) is 11.4 Å². The summed E-state index contributed by atoms with van der Waals surface area (Å²) in [5.74, 6) is -0.258. The summed E-state index contributed by atoms with van der Waals surface area (Å²) in [6, 6.07) is 16.0.